The van der Waals surface area contributed by atoms with Crippen LogP contribution in [0.25, 0.3) is 0 Å². The fraction of sp³-hybridized carbons (Fsp3) is 0.522. The third-order valence-electron chi connectivity index (χ3n) is 5.66. The molecule has 1 aromatic carbocycles. The minimum atomic E-state index is -3.70. The van der Waals surface area contributed by atoms with Crippen molar-refractivity contribution >= 4 is 27.5 Å². The summed E-state index contributed by atoms with van der Waals surface area (Å²) >= 11 is 0. The standard InChI is InChI=1S/C23H32N4O5S/c1-15(2)12-21(28)25-20-7-5-6-18(13-20)14-24-23(29)19-8-10-27(11-9-19)33(30,31)22-16(3)26-32-17(22)4/h5-7,13,15,19H,8-12,14H2,1-4H3,(H,24,29)(H,25,28). The van der Waals surface area contributed by atoms with Gasteiger partial charge in [-0.25, -0.2) is 8.42 Å². The van der Waals surface area contributed by atoms with E-state index in [9.17, 15) is 18.0 Å². The Morgan fingerprint density at radius 2 is 1.91 bits per heavy atom. The number of aryl methyl sites for hydroxylation is 2. The maximum absolute atomic E-state index is 12.9. The largest absolute Gasteiger partial charge is 0.360 e. The Morgan fingerprint density at radius 3 is 2.52 bits per heavy atom. The third kappa shape index (κ3) is 6.20. The molecule has 1 saturated heterocycles. The molecular weight excluding hydrogens is 444 g/mol. The number of anilines is 1. The van der Waals surface area contributed by atoms with Crippen LogP contribution in [0.4, 0.5) is 5.69 Å². The van der Waals surface area contributed by atoms with Crippen molar-refractivity contribution in [2.45, 2.75) is 58.4 Å². The first-order valence-corrected chi connectivity index (χ1v) is 12.6. The molecule has 0 aliphatic carbocycles. The predicted molar refractivity (Wildman–Crippen MR) is 124 cm³/mol. The normalized spacial score (nSPS) is 15.5. The van der Waals surface area contributed by atoms with E-state index < -0.39 is 10.0 Å². The number of benzene rings is 1. The highest BCUT2D eigenvalue weighted by molar-refractivity contribution is 7.89. The zero-order valence-electron chi connectivity index (χ0n) is 19.6. The summed E-state index contributed by atoms with van der Waals surface area (Å²) in [7, 11) is -3.70. The van der Waals surface area contributed by atoms with Crippen LogP contribution in [0.2, 0.25) is 0 Å². The number of amides is 2. The topological polar surface area (TPSA) is 122 Å². The van der Waals surface area contributed by atoms with Crippen LogP contribution < -0.4 is 10.6 Å². The summed E-state index contributed by atoms with van der Waals surface area (Å²) < 4.78 is 32.3. The van der Waals surface area contributed by atoms with Gasteiger partial charge in [-0.3, -0.25) is 9.59 Å². The second-order valence-electron chi connectivity index (χ2n) is 8.90. The molecule has 2 N–H and O–H groups in total. The van der Waals surface area contributed by atoms with Gasteiger partial charge in [0, 0.05) is 37.7 Å². The first kappa shape index (κ1) is 24.9. The maximum atomic E-state index is 12.9. The van der Waals surface area contributed by atoms with Crippen LogP contribution in [-0.4, -0.2) is 42.8 Å². The molecule has 0 radical (unpaired) electrons. The quantitative estimate of drug-likeness (QED) is 0.604. The Hall–Kier alpha value is -2.72. The molecule has 0 unspecified atom stereocenters. The van der Waals surface area contributed by atoms with Gasteiger partial charge in [0.25, 0.3) is 0 Å². The number of hydrogen-bond donors (Lipinski definition) is 2. The molecule has 33 heavy (non-hydrogen) atoms. The lowest BCUT2D eigenvalue weighted by Gasteiger charge is -2.30. The van der Waals surface area contributed by atoms with Gasteiger partial charge < -0.3 is 15.2 Å². The van der Waals surface area contributed by atoms with Crippen molar-refractivity contribution in [1.29, 1.82) is 0 Å². The summed E-state index contributed by atoms with van der Waals surface area (Å²) in [5.41, 5.74) is 1.92. The zero-order valence-corrected chi connectivity index (χ0v) is 20.4. The van der Waals surface area contributed by atoms with Crippen LogP contribution >= 0.6 is 0 Å². The molecule has 1 fully saturated rings. The molecule has 0 spiro atoms. The number of sulfonamides is 1. The summed E-state index contributed by atoms with van der Waals surface area (Å²) in [4.78, 5) is 24.8. The van der Waals surface area contributed by atoms with E-state index in [1.54, 1.807) is 13.8 Å². The summed E-state index contributed by atoms with van der Waals surface area (Å²) in [6.07, 6.45) is 1.34. The van der Waals surface area contributed by atoms with Crippen LogP contribution in [0.3, 0.4) is 0 Å². The predicted octanol–water partition coefficient (Wildman–Crippen LogP) is 2.99. The molecule has 3 rings (SSSR count). The van der Waals surface area contributed by atoms with Gasteiger partial charge in [-0.2, -0.15) is 4.31 Å². The fourth-order valence-electron chi connectivity index (χ4n) is 4.01. The molecule has 0 bridgehead atoms. The Kier molecular flexibility index (Phi) is 7.91. The van der Waals surface area contributed by atoms with Crippen molar-refractivity contribution in [3.05, 3.63) is 41.3 Å². The number of hydrogen-bond acceptors (Lipinski definition) is 6. The number of nitrogens with one attached hydrogen (secondary N) is 2. The maximum Gasteiger partial charge on any atom is 0.248 e. The van der Waals surface area contributed by atoms with Gasteiger partial charge in [-0.05, 0) is 50.3 Å². The van der Waals surface area contributed by atoms with Gasteiger partial charge in [0.15, 0.2) is 5.76 Å². The van der Waals surface area contributed by atoms with Gasteiger partial charge in [-0.1, -0.05) is 31.1 Å². The van der Waals surface area contributed by atoms with Gasteiger partial charge in [0.2, 0.25) is 21.8 Å². The minimum Gasteiger partial charge on any atom is -0.360 e. The molecule has 180 valence electrons. The molecule has 1 aliphatic heterocycles. The Bertz CT molecular complexity index is 1080. The molecule has 2 aromatic rings. The van der Waals surface area contributed by atoms with Gasteiger partial charge in [0.05, 0.1) is 0 Å². The molecule has 2 amide bonds. The second-order valence-corrected chi connectivity index (χ2v) is 10.8. The summed E-state index contributed by atoms with van der Waals surface area (Å²) in [5, 5.41) is 9.55. The van der Waals surface area contributed by atoms with Crippen molar-refractivity contribution in [2.24, 2.45) is 11.8 Å². The molecule has 0 saturated carbocycles. The average Bonchev–Trinajstić information content (AvgIpc) is 3.10. The average molecular weight is 477 g/mol. The van der Waals surface area contributed by atoms with Crippen molar-refractivity contribution < 1.29 is 22.5 Å². The number of piperidine rings is 1. The highest BCUT2D eigenvalue weighted by Crippen LogP contribution is 2.27. The smallest absolute Gasteiger partial charge is 0.248 e. The van der Waals surface area contributed by atoms with Crippen LogP contribution in [-0.2, 0) is 26.2 Å². The van der Waals surface area contributed by atoms with Crippen LogP contribution in [0.15, 0.2) is 33.7 Å². The van der Waals surface area contributed by atoms with E-state index in [2.05, 4.69) is 15.8 Å². The van der Waals surface area contributed by atoms with E-state index >= 15 is 0 Å². The van der Waals surface area contributed by atoms with Gasteiger partial charge in [0.1, 0.15) is 10.6 Å². The molecule has 1 aliphatic rings. The summed E-state index contributed by atoms with van der Waals surface area (Å²) in [5.74, 6) is 0.159. The summed E-state index contributed by atoms with van der Waals surface area (Å²) in [6.45, 7) is 8.03. The molecule has 0 atom stereocenters. The highest BCUT2D eigenvalue weighted by Gasteiger charge is 2.35. The fourth-order valence-corrected chi connectivity index (χ4v) is 5.77. The van der Waals surface area contributed by atoms with E-state index in [1.165, 1.54) is 4.31 Å². The molecule has 10 heteroatoms. The van der Waals surface area contributed by atoms with E-state index in [0.717, 1.165) is 5.56 Å². The Balaban J connectivity index is 1.52. The van der Waals surface area contributed by atoms with Crippen molar-refractivity contribution in [3.8, 4) is 0 Å². The van der Waals surface area contributed by atoms with E-state index in [1.807, 2.05) is 38.1 Å². The molecule has 1 aromatic heterocycles. The van der Waals surface area contributed by atoms with E-state index in [0.29, 0.717) is 37.2 Å². The number of carbonyl (C=O) groups excluding carboxylic acids is 2. The summed E-state index contributed by atoms with van der Waals surface area (Å²) in [6, 6.07) is 7.39. The lowest BCUT2D eigenvalue weighted by atomic mass is 9.97. The first-order valence-electron chi connectivity index (χ1n) is 11.2. The molecular formula is C23H32N4O5S. The Morgan fingerprint density at radius 1 is 1.21 bits per heavy atom. The molecule has 9 nitrogen and oxygen atoms in total. The molecule has 2 heterocycles. The number of carbonyl (C=O) groups is 2. The van der Waals surface area contributed by atoms with Crippen LogP contribution in [0.1, 0.15) is 50.1 Å². The SMILES string of the molecule is Cc1noc(C)c1S(=O)(=O)N1CCC(C(=O)NCc2cccc(NC(=O)CC(C)C)c2)CC1. The number of aromatic nitrogens is 1. The second kappa shape index (κ2) is 10.5. The van der Waals surface area contributed by atoms with Gasteiger partial charge in [-0.15, -0.1) is 0 Å². The Labute approximate surface area is 195 Å². The highest BCUT2D eigenvalue weighted by atomic mass is 32.2. The van der Waals surface area contributed by atoms with Crippen LogP contribution in [0, 0.1) is 25.7 Å². The van der Waals surface area contributed by atoms with E-state index in [4.69, 9.17) is 4.52 Å². The van der Waals surface area contributed by atoms with Crippen molar-refractivity contribution in [2.75, 3.05) is 18.4 Å². The first-order chi connectivity index (χ1) is 15.6. The lowest BCUT2D eigenvalue weighted by molar-refractivity contribution is -0.126. The third-order valence-corrected chi connectivity index (χ3v) is 7.81. The minimum absolute atomic E-state index is 0.0375. The van der Waals surface area contributed by atoms with Crippen LogP contribution in [0.5, 0.6) is 0 Å². The number of nitrogens with zero attached hydrogens (tertiary/aromatic N) is 2. The monoisotopic (exact) mass is 476 g/mol. The van der Waals surface area contributed by atoms with Crippen molar-refractivity contribution in [1.82, 2.24) is 14.8 Å². The zero-order chi connectivity index (χ0) is 24.2. The number of rotatable bonds is 8. The van der Waals surface area contributed by atoms with Crippen molar-refractivity contribution in [3.63, 3.8) is 0 Å². The van der Waals surface area contributed by atoms with Gasteiger partial charge >= 0.3 is 0 Å². The lowest BCUT2D eigenvalue weighted by Crippen LogP contribution is -2.43. The van der Waals surface area contributed by atoms with E-state index in [-0.39, 0.29) is 47.4 Å².